The van der Waals surface area contributed by atoms with Gasteiger partial charge >= 0.3 is 5.97 Å². The molecule has 0 spiro atoms. The van der Waals surface area contributed by atoms with Crippen LogP contribution in [0.4, 0.5) is 0 Å². The second-order valence-corrected chi connectivity index (χ2v) is 12.0. The van der Waals surface area contributed by atoms with Gasteiger partial charge in [0.15, 0.2) is 0 Å². The molecule has 200 valence electrons. The molecule has 1 aromatic heterocycles. The summed E-state index contributed by atoms with van der Waals surface area (Å²) in [4.78, 5) is 17.8. The number of aromatic nitrogens is 1. The Morgan fingerprint density at radius 1 is 1.08 bits per heavy atom. The van der Waals surface area contributed by atoms with Gasteiger partial charge in [0, 0.05) is 17.7 Å². The van der Waals surface area contributed by atoms with Crippen LogP contribution >= 0.6 is 0 Å². The Balaban J connectivity index is 1.49. The molecule has 2 saturated carbocycles. The highest BCUT2D eigenvalue weighted by Gasteiger charge is 2.53. The van der Waals surface area contributed by atoms with Crippen molar-refractivity contribution in [3.05, 3.63) is 58.8 Å². The maximum atomic E-state index is 13.2. The number of nitrogens with zero attached hydrogens (tertiary/aromatic N) is 1. The van der Waals surface area contributed by atoms with E-state index in [2.05, 4.69) is 61.4 Å². The molecule has 3 fully saturated rings. The van der Waals surface area contributed by atoms with Crippen molar-refractivity contribution in [1.82, 2.24) is 10.3 Å². The van der Waals surface area contributed by atoms with Crippen LogP contribution in [0.25, 0.3) is 0 Å². The number of hydrogen-bond donors (Lipinski definition) is 1. The minimum absolute atomic E-state index is 0.0717. The monoisotopic (exact) mass is 506 g/mol. The number of methoxy groups -OCH3 is 1. The third kappa shape index (κ3) is 5.42. The lowest BCUT2D eigenvalue weighted by Gasteiger charge is -2.35. The van der Waals surface area contributed by atoms with Gasteiger partial charge < -0.3 is 14.2 Å². The molecule has 6 heteroatoms. The Morgan fingerprint density at radius 2 is 1.81 bits per heavy atom. The Labute approximate surface area is 221 Å². The maximum Gasteiger partial charge on any atom is 0.323 e. The molecule has 1 N–H and O–H groups in total. The second-order valence-electron chi connectivity index (χ2n) is 12.0. The summed E-state index contributed by atoms with van der Waals surface area (Å²) in [7, 11) is 1.66. The van der Waals surface area contributed by atoms with Crippen molar-refractivity contribution in [2.45, 2.75) is 96.4 Å². The van der Waals surface area contributed by atoms with Gasteiger partial charge in [-0.1, -0.05) is 51.5 Å². The van der Waals surface area contributed by atoms with Crippen LogP contribution in [0.2, 0.25) is 0 Å². The summed E-state index contributed by atoms with van der Waals surface area (Å²) in [6.45, 7) is 9.18. The summed E-state index contributed by atoms with van der Waals surface area (Å²) in [5, 5.41) is 3.69. The smallest absolute Gasteiger partial charge is 0.323 e. The van der Waals surface area contributed by atoms with Crippen molar-refractivity contribution in [1.29, 1.82) is 0 Å². The van der Waals surface area contributed by atoms with Crippen LogP contribution < -0.4 is 10.1 Å². The Morgan fingerprint density at radius 3 is 2.41 bits per heavy atom. The minimum atomic E-state index is -0.441. The van der Waals surface area contributed by atoms with Crippen LogP contribution in [0, 0.1) is 11.3 Å². The molecule has 2 aliphatic carbocycles. The average molecular weight is 507 g/mol. The predicted octanol–water partition coefficient (Wildman–Crippen LogP) is 6.06. The number of esters is 1. The molecule has 2 heterocycles. The second kappa shape index (κ2) is 10.7. The van der Waals surface area contributed by atoms with E-state index in [1.165, 1.54) is 48.8 Å². The van der Waals surface area contributed by atoms with Crippen molar-refractivity contribution in [2.24, 2.45) is 11.3 Å². The molecule has 5 rings (SSSR count). The third-order valence-electron chi connectivity index (χ3n) is 8.44. The molecular weight excluding hydrogens is 464 g/mol. The molecule has 4 atom stereocenters. The van der Waals surface area contributed by atoms with Gasteiger partial charge in [-0.3, -0.25) is 10.1 Å². The normalized spacial score (nSPS) is 26.1. The van der Waals surface area contributed by atoms with Gasteiger partial charge in [0.1, 0.15) is 6.04 Å². The first-order chi connectivity index (χ1) is 17.8. The van der Waals surface area contributed by atoms with Gasteiger partial charge in [0.25, 0.3) is 0 Å². The fourth-order valence-electron chi connectivity index (χ4n) is 6.21. The van der Waals surface area contributed by atoms with Crippen LogP contribution in [0.3, 0.4) is 0 Å². The van der Waals surface area contributed by atoms with Gasteiger partial charge in [-0.25, -0.2) is 4.98 Å². The molecule has 0 amide bonds. The van der Waals surface area contributed by atoms with Crippen LogP contribution in [-0.2, 0) is 20.9 Å². The molecule has 1 aliphatic heterocycles. The molecule has 0 radical (unpaired) electrons. The lowest BCUT2D eigenvalue weighted by atomic mass is 9.73. The Bertz CT molecular complexity index is 1100. The van der Waals surface area contributed by atoms with Gasteiger partial charge in [0.05, 0.1) is 32.5 Å². The lowest BCUT2D eigenvalue weighted by molar-refractivity contribution is -0.148. The molecule has 6 nitrogen and oxygen atoms in total. The van der Waals surface area contributed by atoms with Crippen LogP contribution in [0.15, 0.2) is 36.5 Å². The number of hydrogen-bond acceptors (Lipinski definition) is 6. The highest BCUT2D eigenvalue weighted by atomic mass is 16.5. The number of nitrogens with one attached hydrogen (secondary N) is 1. The summed E-state index contributed by atoms with van der Waals surface area (Å²) in [6.07, 6.45) is 7.88. The van der Waals surface area contributed by atoms with Crippen molar-refractivity contribution in [2.75, 3.05) is 13.7 Å². The first-order valence-corrected chi connectivity index (χ1v) is 14.0. The van der Waals surface area contributed by atoms with Crippen molar-refractivity contribution < 1.29 is 19.0 Å². The summed E-state index contributed by atoms with van der Waals surface area (Å²) < 4.78 is 18.0. The van der Waals surface area contributed by atoms with Crippen molar-refractivity contribution in [3.63, 3.8) is 0 Å². The summed E-state index contributed by atoms with van der Waals surface area (Å²) in [5.41, 5.74) is 4.66. The number of carbonyl (C=O) groups excluding carboxylic acids is 1. The summed E-state index contributed by atoms with van der Waals surface area (Å²) in [5.74, 6) is 1.51. The minimum Gasteiger partial charge on any atom is -0.481 e. The van der Waals surface area contributed by atoms with E-state index in [4.69, 9.17) is 14.2 Å². The predicted molar refractivity (Wildman–Crippen MR) is 144 cm³/mol. The third-order valence-corrected chi connectivity index (χ3v) is 8.44. The number of ether oxygens (including phenoxy) is 3. The van der Waals surface area contributed by atoms with E-state index in [9.17, 15) is 4.79 Å². The highest BCUT2D eigenvalue weighted by Crippen LogP contribution is 2.49. The molecule has 0 bridgehead atoms. The van der Waals surface area contributed by atoms with Gasteiger partial charge in [0.2, 0.25) is 5.88 Å². The number of benzene rings is 1. The van der Waals surface area contributed by atoms with Gasteiger partial charge in [-0.15, -0.1) is 0 Å². The maximum absolute atomic E-state index is 13.2. The molecule has 1 saturated heterocycles. The summed E-state index contributed by atoms with van der Waals surface area (Å²) >= 11 is 0. The number of carbonyl (C=O) groups is 1. The van der Waals surface area contributed by atoms with Crippen molar-refractivity contribution >= 4 is 5.97 Å². The first kappa shape index (κ1) is 26.2. The van der Waals surface area contributed by atoms with Crippen LogP contribution in [0.1, 0.15) is 99.9 Å². The number of rotatable bonds is 9. The zero-order chi connectivity index (χ0) is 26.2. The van der Waals surface area contributed by atoms with Gasteiger partial charge in [-0.2, -0.15) is 0 Å². The summed E-state index contributed by atoms with van der Waals surface area (Å²) in [6, 6.07) is 10.3. The Kier molecular flexibility index (Phi) is 7.60. The molecule has 1 aromatic carbocycles. The first-order valence-electron chi connectivity index (χ1n) is 14.0. The van der Waals surface area contributed by atoms with E-state index in [1.807, 2.05) is 13.1 Å². The molecular formula is C31H42N2O4. The van der Waals surface area contributed by atoms with E-state index in [-0.39, 0.29) is 29.4 Å². The average Bonchev–Trinajstić information content (AvgIpc) is 3.61. The van der Waals surface area contributed by atoms with Crippen LogP contribution in [-0.4, -0.2) is 36.8 Å². The van der Waals surface area contributed by atoms with E-state index < -0.39 is 6.04 Å². The van der Waals surface area contributed by atoms with E-state index >= 15 is 0 Å². The fourth-order valence-corrected chi connectivity index (χ4v) is 6.21. The topological polar surface area (TPSA) is 69.7 Å². The zero-order valence-electron chi connectivity index (χ0n) is 23.0. The zero-order valence-corrected chi connectivity index (χ0v) is 23.0. The van der Waals surface area contributed by atoms with Crippen LogP contribution in [0.5, 0.6) is 5.88 Å². The van der Waals surface area contributed by atoms with Crippen molar-refractivity contribution in [3.8, 4) is 5.88 Å². The quantitative estimate of drug-likeness (QED) is 0.417. The molecule has 3 aliphatic rings. The van der Waals surface area contributed by atoms with E-state index in [0.29, 0.717) is 30.9 Å². The fraction of sp³-hybridized carbons (Fsp3) is 0.613. The molecule has 0 unspecified atom stereocenters. The molecule has 37 heavy (non-hydrogen) atoms. The van der Waals surface area contributed by atoms with E-state index in [0.717, 1.165) is 5.56 Å². The van der Waals surface area contributed by atoms with Gasteiger partial charge in [-0.05, 0) is 72.6 Å². The van der Waals surface area contributed by atoms with E-state index in [1.54, 1.807) is 7.11 Å². The Hall–Kier alpha value is -2.44. The highest BCUT2D eigenvalue weighted by molar-refractivity contribution is 5.77. The molecule has 2 aromatic rings. The largest absolute Gasteiger partial charge is 0.481 e. The lowest BCUT2D eigenvalue weighted by Crippen LogP contribution is -2.44. The SMILES string of the molecule is CCOC(=O)[C@H]1N[C@@H](c2ccccc2C2CC2)[C@@H](OCc2cc(C3CCC3)cnc2OC)[C@@H]1C(C)(C)C. The number of pyridine rings is 1. The standard InChI is InChI=1S/C31H42N2O4/c1-6-36-30(34)27-25(31(2,3)4)28(26(33-27)24-13-8-7-12-23(24)20-14-15-20)37-18-22-16-21(19-10-9-11-19)17-32-29(22)35-5/h7-8,12-13,16-17,19-20,25-28,33H,6,9-11,14-15,18H2,1-5H3/t25-,26+,27+,28+/m1/s1.